The Hall–Kier alpha value is -2.82. The van der Waals surface area contributed by atoms with Crippen LogP contribution >= 0.6 is 11.6 Å². The first-order valence-electron chi connectivity index (χ1n) is 10.2. The predicted octanol–water partition coefficient (Wildman–Crippen LogP) is 5.80. The molecular weight excluding hydrogens is 396 g/mol. The first kappa shape index (κ1) is 19.2. The fourth-order valence-corrected chi connectivity index (χ4v) is 4.76. The summed E-state index contributed by atoms with van der Waals surface area (Å²) in [4.78, 5) is 7.54. The van der Waals surface area contributed by atoms with Crippen molar-refractivity contribution in [1.82, 2.24) is 9.88 Å². The predicted molar refractivity (Wildman–Crippen MR) is 123 cm³/mol. The third kappa shape index (κ3) is 2.99. The largest absolute Gasteiger partial charge is 0.503 e. The number of hydrogen-bond donors (Lipinski definition) is 1. The number of fused-ring (bicyclic) bond motifs is 5. The number of likely N-dealkylation sites (N-methyl/N-ethyl adjacent to an activating group) is 1. The summed E-state index contributed by atoms with van der Waals surface area (Å²) in [6.45, 7) is 5.06. The van der Waals surface area contributed by atoms with Crippen LogP contribution in [0.1, 0.15) is 18.1 Å². The summed E-state index contributed by atoms with van der Waals surface area (Å²) in [7, 11) is 1.53. The van der Waals surface area contributed by atoms with E-state index in [-0.39, 0.29) is 10.8 Å². The van der Waals surface area contributed by atoms with E-state index in [1.54, 1.807) is 6.07 Å². The number of phenolic OH excluding ortho intramolecular Hbond substituents is 1. The molecule has 5 rings (SSSR count). The number of aromatic hydroxyl groups is 1. The number of ether oxygens (including phenoxy) is 1. The fraction of sp³-hybridized carbons (Fsp3) is 0.240. The van der Waals surface area contributed by atoms with Crippen LogP contribution in [0.5, 0.6) is 11.5 Å². The number of aromatic nitrogens is 1. The van der Waals surface area contributed by atoms with Crippen LogP contribution in [0.4, 0.5) is 0 Å². The smallest absolute Gasteiger partial charge is 0.176 e. The van der Waals surface area contributed by atoms with Crippen molar-refractivity contribution in [3.8, 4) is 22.8 Å². The minimum absolute atomic E-state index is 0.0428. The molecule has 3 aromatic carbocycles. The Kier molecular flexibility index (Phi) is 4.76. The second-order valence-corrected chi connectivity index (χ2v) is 8.13. The van der Waals surface area contributed by atoms with E-state index in [0.29, 0.717) is 5.75 Å². The summed E-state index contributed by atoms with van der Waals surface area (Å²) < 4.78 is 5.35. The van der Waals surface area contributed by atoms with Crippen molar-refractivity contribution in [2.45, 2.75) is 19.9 Å². The van der Waals surface area contributed by atoms with Crippen LogP contribution in [0.2, 0.25) is 5.02 Å². The summed E-state index contributed by atoms with van der Waals surface area (Å²) in [6.07, 6.45) is 0.978. The Morgan fingerprint density at radius 3 is 2.77 bits per heavy atom. The van der Waals surface area contributed by atoms with Crippen molar-refractivity contribution < 1.29 is 9.84 Å². The second kappa shape index (κ2) is 7.46. The van der Waals surface area contributed by atoms with Gasteiger partial charge in [-0.1, -0.05) is 48.9 Å². The summed E-state index contributed by atoms with van der Waals surface area (Å²) >= 11 is 6.31. The van der Waals surface area contributed by atoms with Gasteiger partial charge in [0.2, 0.25) is 0 Å². The maximum atomic E-state index is 10.2. The molecular formula is C25H23ClN2O2. The molecule has 1 aliphatic rings. The van der Waals surface area contributed by atoms with Gasteiger partial charge in [-0.3, -0.25) is 4.90 Å². The van der Waals surface area contributed by atoms with Crippen LogP contribution in [-0.4, -0.2) is 35.2 Å². The quantitative estimate of drug-likeness (QED) is 0.427. The van der Waals surface area contributed by atoms with E-state index in [1.165, 1.54) is 34.4 Å². The van der Waals surface area contributed by atoms with Crippen molar-refractivity contribution in [1.29, 1.82) is 0 Å². The van der Waals surface area contributed by atoms with Crippen LogP contribution in [0.25, 0.3) is 32.9 Å². The van der Waals surface area contributed by atoms with Gasteiger partial charge in [-0.2, -0.15) is 0 Å². The topological polar surface area (TPSA) is 45.6 Å². The van der Waals surface area contributed by atoms with Crippen molar-refractivity contribution in [2.75, 3.05) is 20.2 Å². The van der Waals surface area contributed by atoms with E-state index in [9.17, 15) is 5.11 Å². The van der Waals surface area contributed by atoms with E-state index in [4.69, 9.17) is 21.3 Å². The lowest BCUT2D eigenvalue weighted by atomic mass is 9.89. The van der Waals surface area contributed by atoms with Crippen LogP contribution in [0.3, 0.4) is 0 Å². The molecule has 0 unspecified atom stereocenters. The molecule has 152 valence electrons. The Bertz CT molecular complexity index is 1290. The molecule has 0 atom stereocenters. The number of pyridine rings is 1. The lowest BCUT2D eigenvalue weighted by molar-refractivity contribution is 0.269. The molecule has 0 radical (unpaired) electrons. The highest BCUT2D eigenvalue weighted by Gasteiger charge is 2.24. The van der Waals surface area contributed by atoms with E-state index in [2.05, 4.69) is 48.2 Å². The summed E-state index contributed by atoms with van der Waals surface area (Å²) in [5.74, 6) is 0.313. The Labute approximate surface area is 180 Å². The number of rotatable bonds is 3. The number of methoxy groups -OCH3 is 1. The Morgan fingerprint density at radius 2 is 1.97 bits per heavy atom. The van der Waals surface area contributed by atoms with Crippen molar-refractivity contribution in [3.05, 3.63) is 64.7 Å². The molecule has 5 heteroatoms. The molecule has 0 spiro atoms. The zero-order chi connectivity index (χ0) is 20.8. The van der Waals surface area contributed by atoms with Gasteiger partial charge in [-0.15, -0.1) is 0 Å². The lowest BCUT2D eigenvalue weighted by Gasteiger charge is -2.30. The zero-order valence-electron chi connectivity index (χ0n) is 17.1. The molecule has 0 bridgehead atoms. The van der Waals surface area contributed by atoms with Crippen LogP contribution in [0, 0.1) is 0 Å². The molecule has 4 aromatic rings. The van der Waals surface area contributed by atoms with Gasteiger partial charge in [-0.05, 0) is 53.1 Å². The second-order valence-electron chi connectivity index (χ2n) is 7.73. The van der Waals surface area contributed by atoms with Gasteiger partial charge in [0.15, 0.2) is 11.5 Å². The van der Waals surface area contributed by atoms with Gasteiger partial charge in [-0.25, -0.2) is 4.98 Å². The third-order valence-corrected chi connectivity index (χ3v) is 6.41. The molecule has 4 nitrogen and oxygen atoms in total. The van der Waals surface area contributed by atoms with Crippen LogP contribution < -0.4 is 4.74 Å². The molecule has 1 aromatic heterocycles. The average Bonchev–Trinajstić information content (AvgIpc) is 2.79. The maximum absolute atomic E-state index is 10.2. The molecule has 1 N–H and O–H groups in total. The fourth-order valence-electron chi connectivity index (χ4n) is 4.55. The van der Waals surface area contributed by atoms with Gasteiger partial charge in [0.05, 0.1) is 23.3 Å². The summed E-state index contributed by atoms with van der Waals surface area (Å²) in [5, 5.41) is 14.2. The molecule has 0 saturated heterocycles. The highest BCUT2D eigenvalue weighted by atomic mass is 35.5. The van der Waals surface area contributed by atoms with Crippen molar-refractivity contribution in [3.63, 3.8) is 0 Å². The number of halogens is 1. The van der Waals surface area contributed by atoms with Crippen LogP contribution in [0.15, 0.2) is 48.5 Å². The number of benzene rings is 3. The number of hydrogen-bond acceptors (Lipinski definition) is 4. The van der Waals surface area contributed by atoms with E-state index < -0.39 is 0 Å². The number of phenols is 1. The standard InChI is InChI=1S/C25H23ClN2O2/c1-3-28-11-10-18-19(14-28)24(16-12-20(26)25(29)22(13-16)30-2)27-21-9-8-15-6-4-5-7-17(15)23(18)21/h4-9,12-13,29H,3,10-11,14H2,1-2H3. The average molecular weight is 419 g/mol. The zero-order valence-corrected chi connectivity index (χ0v) is 17.8. The Balaban J connectivity index is 1.85. The SMILES string of the molecule is CCN1CCc2c(c(-c3cc(Cl)c(O)c(OC)c3)nc3ccc4ccccc4c23)C1. The normalized spacial score (nSPS) is 14.2. The summed E-state index contributed by atoms with van der Waals surface area (Å²) in [5.41, 5.74) is 5.34. The molecule has 0 saturated carbocycles. The molecule has 30 heavy (non-hydrogen) atoms. The Morgan fingerprint density at radius 1 is 1.13 bits per heavy atom. The molecule has 0 fully saturated rings. The van der Waals surface area contributed by atoms with Crippen molar-refractivity contribution >= 4 is 33.3 Å². The van der Waals surface area contributed by atoms with E-state index in [1.807, 2.05) is 6.07 Å². The minimum Gasteiger partial charge on any atom is -0.503 e. The van der Waals surface area contributed by atoms with Gasteiger partial charge >= 0.3 is 0 Å². The highest BCUT2D eigenvalue weighted by molar-refractivity contribution is 6.32. The first-order valence-corrected chi connectivity index (χ1v) is 10.6. The van der Waals surface area contributed by atoms with Crippen molar-refractivity contribution in [2.24, 2.45) is 0 Å². The maximum Gasteiger partial charge on any atom is 0.176 e. The van der Waals surface area contributed by atoms with Crippen LogP contribution in [-0.2, 0) is 13.0 Å². The monoisotopic (exact) mass is 418 g/mol. The molecule has 1 aliphatic heterocycles. The molecule has 2 heterocycles. The molecule has 0 aliphatic carbocycles. The van der Waals surface area contributed by atoms with Gasteiger partial charge < -0.3 is 9.84 Å². The third-order valence-electron chi connectivity index (χ3n) is 6.12. The number of nitrogens with zero attached hydrogens (tertiary/aromatic N) is 2. The van der Waals surface area contributed by atoms with E-state index >= 15 is 0 Å². The van der Waals surface area contributed by atoms with Gasteiger partial charge in [0.25, 0.3) is 0 Å². The minimum atomic E-state index is -0.0428. The molecule has 0 amide bonds. The lowest BCUT2D eigenvalue weighted by Crippen LogP contribution is -2.31. The first-order chi connectivity index (χ1) is 14.6. The van der Waals surface area contributed by atoms with Gasteiger partial charge in [0.1, 0.15) is 0 Å². The van der Waals surface area contributed by atoms with Gasteiger partial charge in [0, 0.05) is 24.0 Å². The van der Waals surface area contributed by atoms with E-state index in [0.717, 1.165) is 42.8 Å². The highest BCUT2D eigenvalue weighted by Crippen LogP contribution is 2.42. The summed E-state index contributed by atoms with van der Waals surface area (Å²) in [6, 6.07) is 16.3.